The number of benzene rings is 4. The lowest BCUT2D eigenvalue weighted by Gasteiger charge is -2.11. The summed E-state index contributed by atoms with van der Waals surface area (Å²) in [4.78, 5) is 17.9. The first-order valence-electron chi connectivity index (χ1n) is 12.7. The summed E-state index contributed by atoms with van der Waals surface area (Å²) in [6.07, 6.45) is 2.86. The van der Waals surface area contributed by atoms with E-state index in [1.54, 1.807) is 36.4 Å². The average Bonchev–Trinajstić information content (AvgIpc) is 3.29. The van der Waals surface area contributed by atoms with Crippen LogP contribution in [0, 0.1) is 0 Å². The molecule has 0 bridgehead atoms. The number of sulfonamides is 1. The number of hydrogen-bond donors (Lipinski definition) is 1. The summed E-state index contributed by atoms with van der Waals surface area (Å²) in [5.74, 6) is 0.272. The maximum absolute atomic E-state index is 13.0. The summed E-state index contributed by atoms with van der Waals surface area (Å²) < 4.78 is 29.7. The molecule has 6 nitrogen and oxygen atoms in total. The Bertz CT molecular complexity index is 1660. The van der Waals surface area contributed by atoms with E-state index in [1.807, 2.05) is 18.2 Å². The van der Waals surface area contributed by atoms with Crippen molar-refractivity contribution in [1.29, 1.82) is 0 Å². The van der Waals surface area contributed by atoms with Crippen LogP contribution in [0.5, 0.6) is 0 Å². The van der Waals surface area contributed by atoms with Crippen LogP contribution in [0.2, 0.25) is 0 Å². The maximum Gasteiger partial charge on any atom is 0.265 e. The Balaban J connectivity index is 1.46. The summed E-state index contributed by atoms with van der Waals surface area (Å²) in [5.41, 5.74) is 5.27. The number of carbonyl (C=O) groups is 1. The number of aromatic nitrogens is 2. The molecule has 0 spiro atoms. The monoisotopic (exact) mass is 523 g/mol. The number of imidazole rings is 1. The van der Waals surface area contributed by atoms with Gasteiger partial charge in [0.15, 0.2) is 0 Å². The molecule has 0 saturated carbocycles. The topological polar surface area (TPSA) is 81.1 Å². The minimum atomic E-state index is -3.98. The molecule has 7 heteroatoms. The molecule has 1 heterocycles. The molecule has 1 aromatic heterocycles. The number of rotatable bonds is 9. The van der Waals surface area contributed by atoms with Crippen molar-refractivity contribution in [2.75, 3.05) is 0 Å². The van der Waals surface area contributed by atoms with Crippen LogP contribution in [0.1, 0.15) is 41.5 Å². The van der Waals surface area contributed by atoms with Crippen LogP contribution in [0.15, 0.2) is 108 Å². The van der Waals surface area contributed by atoms with Gasteiger partial charge in [0.05, 0.1) is 15.9 Å². The molecule has 1 amide bonds. The summed E-state index contributed by atoms with van der Waals surface area (Å²) in [7, 11) is -3.98. The van der Waals surface area contributed by atoms with Gasteiger partial charge in [-0.15, -0.1) is 0 Å². The fraction of sp³-hybridized carbons (Fsp3) is 0.161. The first kappa shape index (κ1) is 25.4. The highest BCUT2D eigenvalue weighted by Crippen LogP contribution is 2.24. The molecule has 0 aliphatic carbocycles. The van der Waals surface area contributed by atoms with Gasteiger partial charge in [-0.2, -0.15) is 0 Å². The van der Waals surface area contributed by atoms with Crippen LogP contribution in [0.25, 0.3) is 22.2 Å². The van der Waals surface area contributed by atoms with Gasteiger partial charge in [-0.05, 0) is 53.4 Å². The Morgan fingerprint density at radius 2 is 1.50 bits per heavy atom. The zero-order valence-electron chi connectivity index (χ0n) is 21.2. The SMILES string of the molecule is CCCCc1nc2ccc(C(=O)NS(=O)(=O)c3ccccc3)cc2n1Cc1ccc(-c2ccccc2)cc1. The lowest BCUT2D eigenvalue weighted by molar-refractivity contribution is 0.0981. The van der Waals surface area contributed by atoms with E-state index in [2.05, 4.69) is 52.6 Å². The van der Waals surface area contributed by atoms with E-state index in [4.69, 9.17) is 4.98 Å². The lowest BCUT2D eigenvalue weighted by Crippen LogP contribution is -2.30. The van der Waals surface area contributed by atoms with Crippen LogP contribution in [0.4, 0.5) is 0 Å². The van der Waals surface area contributed by atoms with Crippen LogP contribution in [-0.4, -0.2) is 23.9 Å². The number of amides is 1. The first-order valence-corrected chi connectivity index (χ1v) is 14.2. The van der Waals surface area contributed by atoms with Gasteiger partial charge < -0.3 is 4.57 Å². The molecule has 0 unspecified atom stereocenters. The molecule has 0 aliphatic heterocycles. The molecule has 192 valence electrons. The standard InChI is InChI=1S/C31H29N3O3S/c1-2-3-14-30-32-28-20-19-26(31(35)33-38(36,37)27-12-8-5-9-13-27)21-29(28)34(30)22-23-15-17-25(18-16-23)24-10-6-4-7-11-24/h4-13,15-21H,2-3,14,22H2,1H3,(H,33,35). The zero-order valence-corrected chi connectivity index (χ0v) is 22.0. The third-order valence-electron chi connectivity index (χ3n) is 6.53. The largest absolute Gasteiger partial charge is 0.323 e. The molecule has 5 rings (SSSR count). The predicted octanol–water partition coefficient (Wildman–Crippen LogP) is 6.21. The molecular formula is C31H29N3O3S. The van der Waals surface area contributed by atoms with Crippen molar-refractivity contribution < 1.29 is 13.2 Å². The highest BCUT2D eigenvalue weighted by Gasteiger charge is 2.20. The number of unbranched alkanes of at least 4 members (excludes halogenated alkanes) is 1. The van der Waals surface area contributed by atoms with Gasteiger partial charge in [-0.1, -0.05) is 86.1 Å². The quantitative estimate of drug-likeness (QED) is 0.249. The Morgan fingerprint density at radius 3 is 2.18 bits per heavy atom. The minimum Gasteiger partial charge on any atom is -0.323 e. The molecule has 5 aromatic rings. The van der Waals surface area contributed by atoms with Crippen molar-refractivity contribution in [2.24, 2.45) is 0 Å². The molecule has 0 aliphatic rings. The predicted molar refractivity (Wildman–Crippen MR) is 150 cm³/mol. The zero-order chi connectivity index (χ0) is 26.5. The molecule has 0 saturated heterocycles. The maximum atomic E-state index is 13.0. The number of nitrogens with zero attached hydrogens (tertiary/aromatic N) is 2. The molecule has 1 N–H and O–H groups in total. The van der Waals surface area contributed by atoms with E-state index in [0.717, 1.165) is 52.8 Å². The molecule has 0 fully saturated rings. The van der Waals surface area contributed by atoms with E-state index >= 15 is 0 Å². The number of nitrogens with one attached hydrogen (secondary N) is 1. The van der Waals surface area contributed by atoms with E-state index in [9.17, 15) is 13.2 Å². The number of fused-ring (bicyclic) bond motifs is 1. The van der Waals surface area contributed by atoms with Gasteiger partial charge in [-0.25, -0.2) is 18.1 Å². The smallest absolute Gasteiger partial charge is 0.265 e. The van der Waals surface area contributed by atoms with Crippen LogP contribution in [-0.2, 0) is 23.0 Å². The summed E-state index contributed by atoms with van der Waals surface area (Å²) in [5, 5.41) is 0. The van der Waals surface area contributed by atoms with Crippen molar-refractivity contribution in [2.45, 2.75) is 37.6 Å². The van der Waals surface area contributed by atoms with E-state index in [-0.39, 0.29) is 10.5 Å². The molecule has 38 heavy (non-hydrogen) atoms. The highest BCUT2D eigenvalue weighted by atomic mass is 32.2. The molecule has 0 atom stereocenters. The minimum absolute atomic E-state index is 0.0419. The highest BCUT2D eigenvalue weighted by molar-refractivity contribution is 7.90. The summed E-state index contributed by atoms with van der Waals surface area (Å²) >= 11 is 0. The second-order valence-electron chi connectivity index (χ2n) is 9.23. The third-order valence-corrected chi connectivity index (χ3v) is 7.87. The van der Waals surface area contributed by atoms with Crippen molar-refractivity contribution >= 4 is 27.0 Å². The summed E-state index contributed by atoms with van der Waals surface area (Å²) in [6.45, 7) is 2.74. The fourth-order valence-electron chi connectivity index (χ4n) is 4.47. The van der Waals surface area contributed by atoms with Crippen molar-refractivity contribution in [1.82, 2.24) is 14.3 Å². The summed E-state index contributed by atoms with van der Waals surface area (Å²) in [6, 6.07) is 31.7. The van der Waals surface area contributed by atoms with Crippen molar-refractivity contribution in [3.8, 4) is 11.1 Å². The fourth-order valence-corrected chi connectivity index (χ4v) is 5.47. The van der Waals surface area contributed by atoms with E-state index in [1.165, 1.54) is 12.1 Å². The average molecular weight is 524 g/mol. The van der Waals surface area contributed by atoms with Crippen molar-refractivity contribution in [3.63, 3.8) is 0 Å². The van der Waals surface area contributed by atoms with Gasteiger partial charge in [0.25, 0.3) is 15.9 Å². The van der Waals surface area contributed by atoms with Crippen LogP contribution >= 0.6 is 0 Å². The number of hydrogen-bond acceptors (Lipinski definition) is 4. The molecular weight excluding hydrogens is 494 g/mol. The van der Waals surface area contributed by atoms with Gasteiger partial charge in [-0.3, -0.25) is 4.79 Å². The number of carbonyl (C=O) groups excluding carboxylic acids is 1. The Morgan fingerprint density at radius 1 is 0.842 bits per heavy atom. The van der Waals surface area contributed by atoms with Crippen molar-refractivity contribution in [3.05, 3.63) is 120 Å². The van der Waals surface area contributed by atoms with Crippen LogP contribution < -0.4 is 4.72 Å². The Labute approximate surface area is 223 Å². The van der Waals surface area contributed by atoms with Crippen LogP contribution in [0.3, 0.4) is 0 Å². The van der Waals surface area contributed by atoms with Gasteiger partial charge in [0.2, 0.25) is 0 Å². The second kappa shape index (κ2) is 11.0. The Hall–Kier alpha value is -4.23. The number of aryl methyl sites for hydroxylation is 1. The van der Waals surface area contributed by atoms with Gasteiger partial charge in [0.1, 0.15) is 5.82 Å². The molecule has 0 radical (unpaired) electrons. The van der Waals surface area contributed by atoms with E-state index < -0.39 is 15.9 Å². The molecule has 4 aromatic carbocycles. The first-order chi connectivity index (χ1) is 18.4. The normalized spacial score (nSPS) is 11.5. The van der Waals surface area contributed by atoms with Gasteiger partial charge >= 0.3 is 0 Å². The van der Waals surface area contributed by atoms with E-state index in [0.29, 0.717) is 6.54 Å². The Kier molecular flexibility index (Phi) is 7.38. The second-order valence-corrected chi connectivity index (χ2v) is 10.9. The lowest BCUT2D eigenvalue weighted by atomic mass is 10.0. The third kappa shape index (κ3) is 5.53. The van der Waals surface area contributed by atoms with Gasteiger partial charge in [0, 0.05) is 18.5 Å².